The molecule has 0 aromatic heterocycles. The van der Waals surface area contributed by atoms with Crippen molar-refractivity contribution < 1.29 is 9.72 Å². The van der Waals surface area contributed by atoms with Crippen molar-refractivity contribution in [2.75, 3.05) is 5.73 Å². The lowest BCUT2D eigenvalue weighted by Crippen LogP contribution is -2.28. The number of nitro groups is 1. The van der Waals surface area contributed by atoms with E-state index in [2.05, 4.69) is 5.32 Å². The minimum atomic E-state index is -0.590. The zero-order valence-corrected chi connectivity index (χ0v) is 12.9. The first-order valence-corrected chi connectivity index (χ1v) is 7.42. The highest BCUT2D eigenvalue weighted by Gasteiger charge is 2.18. The maximum atomic E-state index is 12.4. The summed E-state index contributed by atoms with van der Waals surface area (Å²) in [5, 5.41) is 13.9. The van der Waals surface area contributed by atoms with Crippen molar-refractivity contribution in [3.05, 3.63) is 69.8 Å². The number of amides is 1. The van der Waals surface area contributed by atoms with Crippen LogP contribution < -0.4 is 11.1 Å². The maximum Gasteiger partial charge on any atom is 0.292 e. The molecular formula is C17H19N3O3. The van der Waals surface area contributed by atoms with Gasteiger partial charge < -0.3 is 11.1 Å². The van der Waals surface area contributed by atoms with Gasteiger partial charge in [-0.2, -0.15) is 0 Å². The van der Waals surface area contributed by atoms with Gasteiger partial charge in [0.15, 0.2) is 0 Å². The minimum absolute atomic E-state index is 0.0414. The number of benzene rings is 2. The summed E-state index contributed by atoms with van der Waals surface area (Å²) in [5.74, 6) is -0.351. The summed E-state index contributed by atoms with van der Waals surface area (Å²) in [6.45, 7) is 2.04. The second-order valence-electron chi connectivity index (χ2n) is 5.26. The van der Waals surface area contributed by atoms with Gasteiger partial charge in [0.25, 0.3) is 11.6 Å². The van der Waals surface area contributed by atoms with Gasteiger partial charge in [-0.15, -0.1) is 0 Å². The van der Waals surface area contributed by atoms with E-state index in [9.17, 15) is 14.9 Å². The monoisotopic (exact) mass is 313 g/mol. The molecule has 3 N–H and O–H groups in total. The molecule has 0 spiro atoms. The molecule has 6 heteroatoms. The summed E-state index contributed by atoms with van der Waals surface area (Å²) in [4.78, 5) is 22.8. The minimum Gasteiger partial charge on any atom is -0.393 e. The zero-order chi connectivity index (χ0) is 16.8. The first-order valence-electron chi connectivity index (χ1n) is 7.42. The molecule has 2 aromatic carbocycles. The van der Waals surface area contributed by atoms with E-state index in [1.807, 2.05) is 37.3 Å². The van der Waals surface area contributed by atoms with Crippen molar-refractivity contribution in [3.8, 4) is 0 Å². The molecule has 0 aliphatic rings. The predicted octanol–water partition coefficient (Wildman–Crippen LogP) is 3.45. The molecule has 2 aromatic rings. The number of nitro benzene ring substituents is 1. The molecule has 0 heterocycles. The standard InChI is InChI=1S/C17H19N3O3/c1-2-6-15(12-7-4-3-5-8-12)19-17(21)13-9-10-14(18)16(11-13)20(22)23/h3-5,7-11,15H,2,6,18H2,1H3,(H,19,21)/t15-/m1/s1. The number of nitrogens with one attached hydrogen (secondary N) is 1. The van der Waals surface area contributed by atoms with Crippen molar-refractivity contribution >= 4 is 17.3 Å². The van der Waals surface area contributed by atoms with Crippen LogP contribution >= 0.6 is 0 Å². The van der Waals surface area contributed by atoms with E-state index in [0.29, 0.717) is 0 Å². The molecule has 120 valence electrons. The molecule has 0 fully saturated rings. The Hall–Kier alpha value is -2.89. The first-order chi connectivity index (χ1) is 11.0. The summed E-state index contributed by atoms with van der Waals surface area (Å²) in [5.41, 5.74) is 6.57. The van der Waals surface area contributed by atoms with Crippen LogP contribution in [0.25, 0.3) is 0 Å². The molecule has 23 heavy (non-hydrogen) atoms. The Balaban J connectivity index is 2.22. The van der Waals surface area contributed by atoms with Gasteiger partial charge in [0, 0.05) is 11.6 Å². The van der Waals surface area contributed by atoms with E-state index in [1.165, 1.54) is 18.2 Å². The summed E-state index contributed by atoms with van der Waals surface area (Å²) in [6.07, 6.45) is 1.69. The number of carbonyl (C=O) groups excluding carboxylic acids is 1. The van der Waals surface area contributed by atoms with Crippen LogP contribution in [0.4, 0.5) is 11.4 Å². The number of hydrogen-bond donors (Lipinski definition) is 2. The Bertz CT molecular complexity index is 701. The number of rotatable bonds is 6. The van der Waals surface area contributed by atoms with E-state index >= 15 is 0 Å². The fraction of sp³-hybridized carbons (Fsp3) is 0.235. The van der Waals surface area contributed by atoms with E-state index in [1.54, 1.807) is 0 Å². The molecule has 2 rings (SSSR count). The number of anilines is 1. The van der Waals surface area contributed by atoms with Gasteiger partial charge in [-0.05, 0) is 24.1 Å². The molecule has 0 aliphatic carbocycles. The topological polar surface area (TPSA) is 98.3 Å². The summed E-state index contributed by atoms with van der Waals surface area (Å²) in [6, 6.07) is 13.6. The lowest BCUT2D eigenvalue weighted by Gasteiger charge is -2.18. The molecular weight excluding hydrogens is 294 g/mol. The molecule has 0 bridgehead atoms. The van der Waals surface area contributed by atoms with Crippen LogP contribution in [0, 0.1) is 10.1 Å². The molecule has 1 atom stereocenters. The van der Waals surface area contributed by atoms with Gasteiger partial charge in [0.2, 0.25) is 0 Å². The Labute approximate surface area is 134 Å². The van der Waals surface area contributed by atoms with E-state index < -0.39 is 4.92 Å². The average Bonchev–Trinajstić information content (AvgIpc) is 2.55. The van der Waals surface area contributed by atoms with Crippen LogP contribution in [-0.4, -0.2) is 10.8 Å². The molecule has 1 amide bonds. The number of nitrogens with zero attached hydrogens (tertiary/aromatic N) is 1. The van der Waals surface area contributed by atoms with Gasteiger partial charge in [-0.1, -0.05) is 43.7 Å². The first kappa shape index (κ1) is 16.5. The van der Waals surface area contributed by atoms with Gasteiger partial charge >= 0.3 is 0 Å². The molecule has 0 unspecified atom stereocenters. The Morgan fingerprint density at radius 3 is 2.57 bits per heavy atom. The van der Waals surface area contributed by atoms with E-state index in [-0.39, 0.29) is 28.9 Å². The number of nitrogens with two attached hydrogens (primary N) is 1. The fourth-order valence-electron chi connectivity index (χ4n) is 2.38. The predicted molar refractivity (Wildman–Crippen MR) is 89.1 cm³/mol. The maximum absolute atomic E-state index is 12.4. The highest BCUT2D eigenvalue weighted by Crippen LogP contribution is 2.24. The summed E-state index contributed by atoms with van der Waals surface area (Å²) in [7, 11) is 0. The van der Waals surface area contributed by atoms with Crippen molar-refractivity contribution in [2.45, 2.75) is 25.8 Å². The smallest absolute Gasteiger partial charge is 0.292 e. The molecule has 0 aliphatic heterocycles. The van der Waals surface area contributed by atoms with E-state index in [0.717, 1.165) is 18.4 Å². The number of nitrogen functional groups attached to an aromatic ring is 1. The second-order valence-corrected chi connectivity index (χ2v) is 5.26. The number of carbonyl (C=O) groups is 1. The number of hydrogen-bond acceptors (Lipinski definition) is 4. The van der Waals surface area contributed by atoms with Crippen LogP contribution in [-0.2, 0) is 0 Å². The molecule has 6 nitrogen and oxygen atoms in total. The summed E-state index contributed by atoms with van der Waals surface area (Å²) < 4.78 is 0. The Kier molecular flexibility index (Phi) is 5.30. The quantitative estimate of drug-likeness (QED) is 0.485. The third-order valence-corrected chi connectivity index (χ3v) is 3.57. The fourth-order valence-corrected chi connectivity index (χ4v) is 2.38. The third kappa shape index (κ3) is 4.06. The highest BCUT2D eigenvalue weighted by molar-refractivity contribution is 5.95. The van der Waals surface area contributed by atoms with Crippen LogP contribution in [0.5, 0.6) is 0 Å². The van der Waals surface area contributed by atoms with Gasteiger partial charge in [-0.25, -0.2) is 0 Å². The van der Waals surface area contributed by atoms with Crippen molar-refractivity contribution in [2.24, 2.45) is 0 Å². The Morgan fingerprint density at radius 1 is 1.26 bits per heavy atom. The van der Waals surface area contributed by atoms with Crippen LogP contribution in [0.1, 0.15) is 41.7 Å². The second kappa shape index (κ2) is 7.40. The van der Waals surface area contributed by atoms with Crippen molar-refractivity contribution in [1.82, 2.24) is 5.32 Å². The SMILES string of the molecule is CCC[C@@H](NC(=O)c1ccc(N)c([N+](=O)[O-])c1)c1ccccc1. The zero-order valence-electron chi connectivity index (χ0n) is 12.9. The van der Waals surface area contributed by atoms with E-state index in [4.69, 9.17) is 5.73 Å². The lowest BCUT2D eigenvalue weighted by molar-refractivity contribution is -0.383. The van der Waals surface area contributed by atoms with Gasteiger partial charge in [0.05, 0.1) is 11.0 Å². The average molecular weight is 313 g/mol. The van der Waals surface area contributed by atoms with Crippen molar-refractivity contribution in [3.63, 3.8) is 0 Å². The normalized spacial score (nSPS) is 11.7. The lowest BCUT2D eigenvalue weighted by atomic mass is 10.0. The molecule has 0 saturated heterocycles. The van der Waals surface area contributed by atoms with Crippen LogP contribution in [0.2, 0.25) is 0 Å². The molecule has 0 radical (unpaired) electrons. The van der Waals surface area contributed by atoms with Crippen molar-refractivity contribution in [1.29, 1.82) is 0 Å². The largest absolute Gasteiger partial charge is 0.393 e. The highest BCUT2D eigenvalue weighted by atomic mass is 16.6. The Morgan fingerprint density at radius 2 is 1.96 bits per heavy atom. The summed E-state index contributed by atoms with van der Waals surface area (Å²) >= 11 is 0. The van der Waals surface area contributed by atoms with Gasteiger partial charge in [0.1, 0.15) is 5.69 Å². The van der Waals surface area contributed by atoms with Crippen LogP contribution in [0.3, 0.4) is 0 Å². The molecule has 0 saturated carbocycles. The third-order valence-electron chi connectivity index (χ3n) is 3.57. The van der Waals surface area contributed by atoms with Gasteiger partial charge in [-0.3, -0.25) is 14.9 Å². The van der Waals surface area contributed by atoms with Crippen LogP contribution in [0.15, 0.2) is 48.5 Å².